The van der Waals surface area contributed by atoms with Gasteiger partial charge in [-0.15, -0.1) is 0 Å². The van der Waals surface area contributed by atoms with Crippen LogP contribution in [0.2, 0.25) is 5.02 Å². The molecule has 0 spiro atoms. The molecule has 0 saturated carbocycles. The Balaban J connectivity index is 2.18. The molecule has 0 heterocycles. The zero-order valence-corrected chi connectivity index (χ0v) is 10.8. The number of carbonyl (C=O) groups is 1. The van der Waals surface area contributed by atoms with Gasteiger partial charge in [0.05, 0.1) is 17.2 Å². The Hall–Kier alpha value is -2.04. The first-order valence-corrected chi connectivity index (χ1v) is 6.04. The zero-order chi connectivity index (χ0) is 13.8. The highest BCUT2D eigenvalue weighted by Gasteiger charge is 2.10. The minimum absolute atomic E-state index is 0.0325. The fourth-order valence-electron chi connectivity index (χ4n) is 1.61. The van der Waals surface area contributed by atoms with Gasteiger partial charge in [0.25, 0.3) is 5.91 Å². The lowest BCUT2D eigenvalue weighted by molar-refractivity contribution is 0.102. The summed E-state index contributed by atoms with van der Waals surface area (Å²) >= 11 is 5.96. The number of amides is 1. The van der Waals surface area contributed by atoms with Crippen molar-refractivity contribution in [2.75, 3.05) is 11.1 Å². The highest BCUT2D eigenvalue weighted by Crippen LogP contribution is 2.20. The smallest absolute Gasteiger partial charge is 0.257 e. The van der Waals surface area contributed by atoms with E-state index in [1.165, 1.54) is 6.07 Å². The number of hydrogen-bond donors (Lipinski definition) is 3. The Morgan fingerprint density at radius 2 is 1.89 bits per heavy atom. The predicted molar refractivity (Wildman–Crippen MR) is 76.2 cm³/mol. The molecule has 0 saturated heterocycles. The van der Waals surface area contributed by atoms with Crippen LogP contribution in [0.4, 0.5) is 11.4 Å². The van der Waals surface area contributed by atoms with Gasteiger partial charge in [0, 0.05) is 11.4 Å². The van der Waals surface area contributed by atoms with Gasteiger partial charge in [-0.1, -0.05) is 23.7 Å². The molecule has 0 aliphatic rings. The fourth-order valence-corrected chi connectivity index (χ4v) is 1.81. The Bertz CT molecular complexity index is 597. The van der Waals surface area contributed by atoms with E-state index in [1.807, 2.05) is 0 Å². The number of nitrogens with one attached hydrogen (secondary N) is 1. The van der Waals surface area contributed by atoms with Crippen molar-refractivity contribution < 1.29 is 9.90 Å². The van der Waals surface area contributed by atoms with E-state index in [-0.39, 0.29) is 12.5 Å². The lowest BCUT2D eigenvalue weighted by Crippen LogP contribution is -2.12. The predicted octanol–water partition coefficient (Wildman–Crippen LogP) is 2.67. The van der Waals surface area contributed by atoms with Crippen LogP contribution in [0.1, 0.15) is 15.9 Å². The van der Waals surface area contributed by atoms with E-state index in [9.17, 15) is 4.79 Å². The molecule has 0 fully saturated rings. The number of carbonyl (C=O) groups excluding carboxylic acids is 1. The van der Waals surface area contributed by atoms with E-state index in [0.29, 0.717) is 22.0 Å². The van der Waals surface area contributed by atoms with Crippen molar-refractivity contribution in [1.82, 2.24) is 0 Å². The number of halogens is 1. The molecular weight excluding hydrogens is 264 g/mol. The minimum atomic E-state index is -0.325. The number of anilines is 2. The summed E-state index contributed by atoms with van der Waals surface area (Å²) in [5.74, 6) is -0.325. The second-order valence-corrected chi connectivity index (χ2v) is 4.46. The van der Waals surface area contributed by atoms with E-state index < -0.39 is 0 Å². The number of hydrogen-bond acceptors (Lipinski definition) is 3. The lowest BCUT2D eigenvalue weighted by Gasteiger charge is -2.08. The van der Waals surface area contributed by atoms with Gasteiger partial charge in [0.1, 0.15) is 0 Å². The summed E-state index contributed by atoms with van der Waals surface area (Å²) in [4.78, 5) is 12.0. The third kappa shape index (κ3) is 3.24. The highest BCUT2D eigenvalue weighted by molar-refractivity contribution is 6.34. The van der Waals surface area contributed by atoms with Gasteiger partial charge < -0.3 is 16.2 Å². The van der Waals surface area contributed by atoms with Gasteiger partial charge in [-0.25, -0.2) is 0 Å². The van der Waals surface area contributed by atoms with Crippen LogP contribution in [0.15, 0.2) is 42.5 Å². The molecule has 2 rings (SSSR count). The largest absolute Gasteiger partial charge is 0.399 e. The third-order valence-corrected chi connectivity index (χ3v) is 2.96. The van der Waals surface area contributed by atoms with Gasteiger partial charge in [-0.3, -0.25) is 4.79 Å². The Kier molecular flexibility index (Phi) is 4.04. The molecule has 5 heteroatoms. The van der Waals surface area contributed by atoms with Gasteiger partial charge in [-0.05, 0) is 35.9 Å². The van der Waals surface area contributed by atoms with Crippen LogP contribution in [-0.4, -0.2) is 11.0 Å². The molecule has 19 heavy (non-hydrogen) atoms. The minimum Gasteiger partial charge on any atom is -0.399 e. The first kappa shape index (κ1) is 13.4. The average molecular weight is 277 g/mol. The van der Waals surface area contributed by atoms with Crippen LogP contribution in [0.25, 0.3) is 0 Å². The monoisotopic (exact) mass is 276 g/mol. The molecule has 4 nitrogen and oxygen atoms in total. The van der Waals surface area contributed by atoms with Crippen molar-refractivity contribution in [2.24, 2.45) is 0 Å². The number of nitrogens with two attached hydrogens (primary N) is 1. The molecular formula is C14H13ClN2O2. The van der Waals surface area contributed by atoms with Crippen LogP contribution in [0.3, 0.4) is 0 Å². The summed E-state index contributed by atoms with van der Waals surface area (Å²) in [6, 6.07) is 11.6. The molecule has 0 aromatic heterocycles. The van der Waals surface area contributed by atoms with Gasteiger partial charge in [-0.2, -0.15) is 0 Å². The lowest BCUT2D eigenvalue weighted by atomic mass is 10.1. The normalized spacial score (nSPS) is 10.2. The summed E-state index contributed by atoms with van der Waals surface area (Å²) in [6.07, 6.45) is 0. The van der Waals surface area contributed by atoms with E-state index in [0.717, 1.165) is 5.56 Å². The van der Waals surface area contributed by atoms with Crippen molar-refractivity contribution in [3.05, 3.63) is 58.6 Å². The molecule has 0 aliphatic heterocycles. The quantitative estimate of drug-likeness (QED) is 0.755. The van der Waals surface area contributed by atoms with Gasteiger partial charge in [0.2, 0.25) is 0 Å². The molecule has 4 N–H and O–H groups in total. The Morgan fingerprint density at radius 3 is 2.53 bits per heavy atom. The van der Waals surface area contributed by atoms with E-state index in [1.54, 1.807) is 36.4 Å². The summed E-state index contributed by atoms with van der Waals surface area (Å²) in [5, 5.41) is 12.0. The van der Waals surface area contributed by atoms with E-state index in [4.69, 9.17) is 22.4 Å². The van der Waals surface area contributed by atoms with Crippen LogP contribution in [0.5, 0.6) is 0 Å². The van der Waals surface area contributed by atoms with Crippen LogP contribution < -0.4 is 11.1 Å². The summed E-state index contributed by atoms with van der Waals surface area (Å²) < 4.78 is 0. The summed E-state index contributed by atoms with van der Waals surface area (Å²) in [6.45, 7) is -0.0325. The van der Waals surface area contributed by atoms with Crippen molar-refractivity contribution in [2.45, 2.75) is 6.61 Å². The molecule has 98 valence electrons. The van der Waals surface area contributed by atoms with Crippen LogP contribution >= 0.6 is 11.6 Å². The Labute approximate surface area is 115 Å². The molecule has 2 aromatic carbocycles. The molecule has 0 unspecified atom stereocenters. The number of aliphatic hydroxyl groups excluding tert-OH is 1. The van der Waals surface area contributed by atoms with Crippen LogP contribution in [0, 0.1) is 0 Å². The number of benzene rings is 2. The van der Waals surface area contributed by atoms with Crippen molar-refractivity contribution >= 4 is 28.9 Å². The van der Waals surface area contributed by atoms with Crippen molar-refractivity contribution in [3.8, 4) is 0 Å². The van der Waals surface area contributed by atoms with Gasteiger partial charge in [0.15, 0.2) is 0 Å². The van der Waals surface area contributed by atoms with Crippen LogP contribution in [-0.2, 0) is 6.61 Å². The second-order valence-electron chi connectivity index (χ2n) is 4.05. The third-order valence-electron chi connectivity index (χ3n) is 2.63. The number of aliphatic hydroxyl groups is 1. The topological polar surface area (TPSA) is 75.4 Å². The fraction of sp³-hybridized carbons (Fsp3) is 0.0714. The molecule has 0 aliphatic carbocycles. The van der Waals surface area contributed by atoms with Crippen molar-refractivity contribution in [3.63, 3.8) is 0 Å². The average Bonchev–Trinajstić information content (AvgIpc) is 2.42. The number of nitrogen functional groups attached to an aromatic ring is 1. The molecule has 0 atom stereocenters. The maximum atomic E-state index is 12.0. The molecule has 0 radical (unpaired) electrons. The van der Waals surface area contributed by atoms with Crippen molar-refractivity contribution in [1.29, 1.82) is 0 Å². The summed E-state index contributed by atoms with van der Waals surface area (Å²) in [7, 11) is 0. The second kappa shape index (κ2) is 5.73. The maximum absolute atomic E-state index is 12.0. The van der Waals surface area contributed by atoms with E-state index >= 15 is 0 Å². The first-order chi connectivity index (χ1) is 9.10. The standard InChI is InChI=1S/C14H13ClN2O2/c15-13-6-3-10(16)7-12(13)14(19)17-11-4-1-9(8-18)2-5-11/h1-7,18H,8,16H2,(H,17,19). The first-order valence-electron chi connectivity index (χ1n) is 5.66. The maximum Gasteiger partial charge on any atom is 0.257 e. The highest BCUT2D eigenvalue weighted by atomic mass is 35.5. The molecule has 0 bridgehead atoms. The zero-order valence-electron chi connectivity index (χ0n) is 10.1. The Morgan fingerprint density at radius 1 is 1.21 bits per heavy atom. The number of rotatable bonds is 3. The summed E-state index contributed by atoms with van der Waals surface area (Å²) in [5.41, 5.74) is 7.84. The molecule has 2 aromatic rings. The SMILES string of the molecule is Nc1ccc(Cl)c(C(=O)Nc2ccc(CO)cc2)c1. The molecule has 1 amide bonds. The van der Waals surface area contributed by atoms with E-state index in [2.05, 4.69) is 5.32 Å². The van der Waals surface area contributed by atoms with Gasteiger partial charge >= 0.3 is 0 Å².